The van der Waals surface area contributed by atoms with Crippen molar-refractivity contribution in [2.75, 3.05) is 6.54 Å². The number of nitrogens with two attached hydrogens (primary N) is 1. The number of carboxylic acid groups (broad SMARTS) is 1. The lowest BCUT2D eigenvalue weighted by molar-refractivity contribution is -0.137. The molecule has 0 aliphatic rings. The molecule has 0 fully saturated rings. The second kappa shape index (κ2) is 25.7. The van der Waals surface area contributed by atoms with Gasteiger partial charge in [0.05, 0.1) is 0 Å². The molecule has 0 rings (SSSR count). The molecule has 0 bridgehead atoms. The van der Waals surface area contributed by atoms with E-state index in [0.29, 0.717) is 6.42 Å². The van der Waals surface area contributed by atoms with E-state index in [9.17, 15) is 4.79 Å². The van der Waals surface area contributed by atoms with Gasteiger partial charge < -0.3 is 10.8 Å². The van der Waals surface area contributed by atoms with Crippen molar-refractivity contribution in [2.24, 2.45) is 5.73 Å². The van der Waals surface area contributed by atoms with Gasteiger partial charge in [0, 0.05) is 6.42 Å². The van der Waals surface area contributed by atoms with Gasteiger partial charge in [-0.3, -0.25) is 4.79 Å². The van der Waals surface area contributed by atoms with Gasteiger partial charge in [-0.1, -0.05) is 110 Å². The predicted octanol–water partition coefficient (Wildman–Crippen LogP) is 7.08. The highest BCUT2D eigenvalue weighted by Gasteiger charge is 1.94. The third-order valence-electron chi connectivity index (χ3n) is 4.55. The van der Waals surface area contributed by atoms with Crippen LogP contribution < -0.4 is 5.73 Å². The van der Waals surface area contributed by atoms with Crippen molar-refractivity contribution < 1.29 is 9.90 Å². The smallest absolute Gasteiger partial charge is 0.303 e. The highest BCUT2D eigenvalue weighted by molar-refractivity contribution is 5.66. The predicted molar refractivity (Wildman–Crippen MR) is 111 cm³/mol. The summed E-state index contributed by atoms with van der Waals surface area (Å²) < 4.78 is 0. The van der Waals surface area contributed by atoms with Crippen LogP contribution in [0.3, 0.4) is 0 Å². The first-order chi connectivity index (χ1) is 12.2. The van der Waals surface area contributed by atoms with Crippen LogP contribution in [0.25, 0.3) is 0 Å². The van der Waals surface area contributed by atoms with Crippen LogP contribution in [-0.2, 0) is 4.79 Å². The Morgan fingerprint density at radius 2 is 0.920 bits per heavy atom. The highest BCUT2D eigenvalue weighted by Crippen LogP contribution is 2.12. The van der Waals surface area contributed by atoms with E-state index in [-0.39, 0.29) is 0 Å². The van der Waals surface area contributed by atoms with Crippen LogP contribution in [0.1, 0.15) is 129 Å². The van der Waals surface area contributed by atoms with Gasteiger partial charge in [0.2, 0.25) is 0 Å². The molecule has 3 nitrogen and oxygen atoms in total. The molecule has 0 aromatic carbocycles. The first-order valence-corrected chi connectivity index (χ1v) is 11.1. The Balaban J connectivity index is 0. The lowest BCUT2D eigenvalue weighted by Gasteiger charge is -2.02. The first kappa shape index (κ1) is 26.7. The van der Waals surface area contributed by atoms with E-state index in [1.165, 1.54) is 89.9 Å². The Kier molecular flexibility index (Phi) is 27.4. The topological polar surface area (TPSA) is 63.3 Å². The van der Waals surface area contributed by atoms with Crippen molar-refractivity contribution in [3.05, 3.63) is 0 Å². The standard InChI is InChI=1S/C16H35N.C6H12O2/c1-2-3-4-5-6-7-8-9-10-11-12-13-14-15-16-17;1-2-3-4-5-6(7)8/h2-17H2,1H3;2-5H2,1H3,(H,7,8). The minimum absolute atomic E-state index is 0.327. The van der Waals surface area contributed by atoms with E-state index in [0.717, 1.165) is 25.8 Å². The zero-order valence-electron chi connectivity index (χ0n) is 17.4. The zero-order chi connectivity index (χ0) is 19.0. The van der Waals surface area contributed by atoms with Crippen molar-refractivity contribution in [1.29, 1.82) is 0 Å². The summed E-state index contributed by atoms with van der Waals surface area (Å²) in [4.78, 5) is 9.87. The molecule has 0 aliphatic carbocycles. The summed E-state index contributed by atoms with van der Waals surface area (Å²) in [5, 5.41) is 8.14. The summed E-state index contributed by atoms with van der Waals surface area (Å²) >= 11 is 0. The quantitative estimate of drug-likeness (QED) is 0.258. The number of rotatable bonds is 18. The summed E-state index contributed by atoms with van der Waals surface area (Å²) in [7, 11) is 0. The van der Waals surface area contributed by atoms with Crippen molar-refractivity contribution in [3.63, 3.8) is 0 Å². The second-order valence-electron chi connectivity index (χ2n) is 7.24. The van der Waals surface area contributed by atoms with Crippen molar-refractivity contribution >= 4 is 5.97 Å². The monoisotopic (exact) mass is 357 g/mol. The van der Waals surface area contributed by atoms with Crippen LogP contribution >= 0.6 is 0 Å². The molecule has 0 saturated carbocycles. The number of carboxylic acids is 1. The molecule has 0 amide bonds. The van der Waals surface area contributed by atoms with Crippen molar-refractivity contribution in [2.45, 2.75) is 129 Å². The Morgan fingerprint density at radius 3 is 1.24 bits per heavy atom. The average Bonchev–Trinajstić information content (AvgIpc) is 2.59. The number of hydrogen-bond acceptors (Lipinski definition) is 2. The first-order valence-electron chi connectivity index (χ1n) is 11.1. The Labute approximate surface area is 158 Å². The summed E-state index contributed by atoms with van der Waals surface area (Å²) in [6.45, 7) is 5.22. The largest absolute Gasteiger partial charge is 0.481 e. The third-order valence-corrected chi connectivity index (χ3v) is 4.55. The van der Waals surface area contributed by atoms with E-state index >= 15 is 0 Å². The Bertz CT molecular complexity index is 230. The lowest BCUT2D eigenvalue weighted by Crippen LogP contribution is -1.97. The third kappa shape index (κ3) is 31.7. The van der Waals surface area contributed by atoms with Gasteiger partial charge in [-0.05, 0) is 19.4 Å². The van der Waals surface area contributed by atoms with Gasteiger partial charge in [-0.25, -0.2) is 0 Å². The van der Waals surface area contributed by atoms with Crippen LogP contribution in [0.4, 0.5) is 0 Å². The van der Waals surface area contributed by atoms with Gasteiger partial charge >= 0.3 is 5.97 Å². The van der Waals surface area contributed by atoms with Gasteiger partial charge in [-0.15, -0.1) is 0 Å². The number of carbonyl (C=O) groups is 1. The van der Waals surface area contributed by atoms with Crippen LogP contribution in [-0.4, -0.2) is 17.6 Å². The summed E-state index contributed by atoms with van der Waals surface area (Å²) in [6, 6.07) is 0. The Morgan fingerprint density at radius 1 is 0.600 bits per heavy atom. The fraction of sp³-hybridized carbons (Fsp3) is 0.955. The molecular weight excluding hydrogens is 310 g/mol. The molecule has 152 valence electrons. The molecule has 25 heavy (non-hydrogen) atoms. The average molecular weight is 358 g/mol. The van der Waals surface area contributed by atoms with Crippen LogP contribution in [0.5, 0.6) is 0 Å². The van der Waals surface area contributed by atoms with Gasteiger partial charge in [0.15, 0.2) is 0 Å². The van der Waals surface area contributed by atoms with E-state index in [1.807, 2.05) is 0 Å². The molecule has 0 saturated heterocycles. The molecule has 0 heterocycles. The summed E-state index contributed by atoms with van der Waals surface area (Å²) in [5.41, 5.74) is 5.47. The molecule has 0 spiro atoms. The SMILES string of the molecule is CCCCCC(=O)O.CCCCCCCCCCCCCCCCN. The number of hydrogen-bond donors (Lipinski definition) is 2. The van der Waals surface area contributed by atoms with E-state index in [1.54, 1.807) is 0 Å². The summed E-state index contributed by atoms with van der Waals surface area (Å²) in [5.74, 6) is -0.682. The molecule has 0 radical (unpaired) electrons. The van der Waals surface area contributed by atoms with E-state index in [4.69, 9.17) is 10.8 Å². The Hall–Kier alpha value is -0.570. The van der Waals surface area contributed by atoms with Crippen molar-refractivity contribution in [1.82, 2.24) is 0 Å². The van der Waals surface area contributed by atoms with Crippen molar-refractivity contribution in [3.8, 4) is 0 Å². The minimum Gasteiger partial charge on any atom is -0.481 e. The molecule has 0 aromatic rings. The molecule has 3 heteroatoms. The lowest BCUT2D eigenvalue weighted by atomic mass is 10.0. The maximum atomic E-state index is 9.87. The van der Waals surface area contributed by atoms with Crippen LogP contribution in [0.15, 0.2) is 0 Å². The maximum absolute atomic E-state index is 9.87. The fourth-order valence-electron chi connectivity index (χ4n) is 2.87. The van der Waals surface area contributed by atoms with Gasteiger partial charge in [0.1, 0.15) is 0 Å². The summed E-state index contributed by atoms with van der Waals surface area (Å²) in [6.07, 6.45) is 23.2. The van der Waals surface area contributed by atoms with Gasteiger partial charge in [0.25, 0.3) is 0 Å². The molecule has 0 atom stereocenters. The molecular formula is C22H47NO2. The minimum atomic E-state index is -0.682. The van der Waals surface area contributed by atoms with Crippen LogP contribution in [0, 0.1) is 0 Å². The molecule has 3 N–H and O–H groups in total. The molecule has 0 aromatic heterocycles. The highest BCUT2D eigenvalue weighted by atomic mass is 16.4. The second-order valence-corrected chi connectivity index (χ2v) is 7.24. The number of aliphatic carboxylic acids is 1. The number of unbranched alkanes of at least 4 members (excludes halogenated alkanes) is 15. The van der Waals surface area contributed by atoms with E-state index in [2.05, 4.69) is 13.8 Å². The van der Waals surface area contributed by atoms with Crippen LogP contribution in [0.2, 0.25) is 0 Å². The maximum Gasteiger partial charge on any atom is 0.303 e. The van der Waals surface area contributed by atoms with Gasteiger partial charge in [-0.2, -0.15) is 0 Å². The molecule has 0 unspecified atom stereocenters. The van der Waals surface area contributed by atoms with E-state index < -0.39 is 5.97 Å². The zero-order valence-corrected chi connectivity index (χ0v) is 17.4. The normalized spacial score (nSPS) is 10.4. The molecule has 0 aliphatic heterocycles. The fourth-order valence-corrected chi connectivity index (χ4v) is 2.87.